The van der Waals surface area contributed by atoms with E-state index in [1.807, 2.05) is 5.57 Å². The van der Waals surface area contributed by atoms with Gasteiger partial charge in [0.2, 0.25) is 0 Å². The first-order valence-corrected chi connectivity index (χ1v) is 6.40. The van der Waals surface area contributed by atoms with Crippen LogP contribution in [0.3, 0.4) is 0 Å². The van der Waals surface area contributed by atoms with Gasteiger partial charge >= 0.3 is 0 Å². The highest BCUT2D eigenvalue weighted by atomic mass is 14.7. The molecule has 1 spiro atoms. The van der Waals surface area contributed by atoms with E-state index in [-0.39, 0.29) is 0 Å². The van der Waals surface area contributed by atoms with Crippen LogP contribution in [-0.2, 0) is 0 Å². The molecule has 5 atom stereocenters. The maximum atomic E-state index is 2.60. The maximum Gasteiger partial charge on any atom is -0.0109 e. The van der Waals surface area contributed by atoms with Gasteiger partial charge in [-0.15, -0.1) is 0 Å². The van der Waals surface area contributed by atoms with Crippen LogP contribution < -0.4 is 0 Å². The molecule has 4 aliphatic carbocycles. The number of fused-ring (bicyclic) bond motifs is 1. The molecule has 0 N–H and O–H groups in total. The third-order valence-electron chi connectivity index (χ3n) is 5.56. The van der Waals surface area contributed by atoms with E-state index in [0.29, 0.717) is 0 Å². The Morgan fingerprint density at radius 3 is 3.00 bits per heavy atom. The van der Waals surface area contributed by atoms with Gasteiger partial charge in [-0.1, -0.05) is 38.8 Å². The van der Waals surface area contributed by atoms with Crippen molar-refractivity contribution in [2.75, 3.05) is 0 Å². The van der Waals surface area contributed by atoms with E-state index in [2.05, 4.69) is 26.8 Å². The average Bonchev–Trinajstić information content (AvgIpc) is 2.72. The van der Waals surface area contributed by atoms with E-state index >= 15 is 0 Å². The lowest BCUT2D eigenvalue weighted by Gasteiger charge is -2.64. The molecule has 5 unspecified atom stereocenters. The Balaban J connectivity index is 1.82. The lowest BCUT2D eigenvalue weighted by atomic mass is 9.40. The Labute approximate surface area is 87.8 Å². The van der Waals surface area contributed by atoms with E-state index in [1.165, 1.54) is 12.8 Å². The first kappa shape index (κ1) is 9.00. The van der Waals surface area contributed by atoms with Crippen molar-refractivity contribution < 1.29 is 0 Å². The molecule has 0 aliphatic heterocycles. The maximum absolute atomic E-state index is 2.60. The van der Waals surface area contributed by atoms with Gasteiger partial charge in [-0.05, 0) is 48.3 Å². The Morgan fingerprint density at radius 2 is 2.36 bits per heavy atom. The summed E-state index contributed by atoms with van der Waals surface area (Å²) in [5, 5.41) is 0. The van der Waals surface area contributed by atoms with Crippen molar-refractivity contribution in [2.24, 2.45) is 29.1 Å². The largest absolute Gasteiger partial charge is 0.0819 e. The minimum Gasteiger partial charge on any atom is -0.0819 e. The van der Waals surface area contributed by atoms with E-state index in [9.17, 15) is 0 Å². The standard InChI is InChI=1S/C14H22/c1-4-9(2)7-12-10(3)14-6-5-11(8-14)13(12)14/h7,9-11,13H,4-6,8H2,1-3H3. The quantitative estimate of drug-likeness (QED) is 0.577. The summed E-state index contributed by atoms with van der Waals surface area (Å²) in [5.41, 5.74) is 2.66. The van der Waals surface area contributed by atoms with Crippen molar-refractivity contribution in [1.82, 2.24) is 0 Å². The normalized spacial score (nSPS) is 53.6. The minimum absolute atomic E-state index is 0.810. The Morgan fingerprint density at radius 1 is 1.57 bits per heavy atom. The summed E-state index contributed by atoms with van der Waals surface area (Å²) in [6.45, 7) is 7.15. The van der Waals surface area contributed by atoms with Gasteiger partial charge in [0.25, 0.3) is 0 Å². The number of hydrogen-bond donors (Lipinski definition) is 0. The van der Waals surface area contributed by atoms with Crippen LogP contribution in [0.4, 0.5) is 0 Å². The van der Waals surface area contributed by atoms with Gasteiger partial charge in [0.15, 0.2) is 0 Å². The molecule has 0 aromatic carbocycles. The third kappa shape index (κ3) is 0.816. The summed E-state index contributed by atoms with van der Waals surface area (Å²) in [6, 6.07) is 0. The van der Waals surface area contributed by atoms with Crippen LogP contribution in [0.5, 0.6) is 0 Å². The molecule has 0 aromatic rings. The van der Waals surface area contributed by atoms with Crippen LogP contribution >= 0.6 is 0 Å². The van der Waals surface area contributed by atoms with Crippen molar-refractivity contribution >= 4 is 0 Å². The molecule has 4 aliphatic rings. The molecule has 0 heterocycles. The van der Waals surface area contributed by atoms with E-state index < -0.39 is 0 Å². The van der Waals surface area contributed by atoms with Gasteiger partial charge in [0, 0.05) is 0 Å². The lowest BCUT2D eigenvalue weighted by Crippen LogP contribution is -2.57. The van der Waals surface area contributed by atoms with Crippen molar-refractivity contribution in [3.8, 4) is 0 Å². The van der Waals surface area contributed by atoms with Crippen LogP contribution in [0.25, 0.3) is 0 Å². The Kier molecular flexibility index (Phi) is 1.70. The number of rotatable bonds is 2. The number of allylic oxidation sites excluding steroid dienone is 2. The second-order valence-corrected chi connectivity index (χ2v) is 5.99. The number of hydrogen-bond acceptors (Lipinski definition) is 0. The summed E-state index contributed by atoms with van der Waals surface area (Å²) in [5.74, 6) is 3.89. The van der Waals surface area contributed by atoms with E-state index in [4.69, 9.17) is 0 Å². The van der Waals surface area contributed by atoms with E-state index in [1.54, 1.807) is 12.8 Å². The van der Waals surface area contributed by atoms with Crippen LogP contribution in [0.15, 0.2) is 11.6 Å². The van der Waals surface area contributed by atoms with Gasteiger partial charge in [-0.2, -0.15) is 0 Å². The van der Waals surface area contributed by atoms with E-state index in [0.717, 1.165) is 29.1 Å². The molecule has 4 saturated carbocycles. The second kappa shape index (κ2) is 2.65. The summed E-state index contributed by atoms with van der Waals surface area (Å²) < 4.78 is 0. The smallest absolute Gasteiger partial charge is 0.0109 e. The third-order valence-corrected chi connectivity index (χ3v) is 5.56. The fourth-order valence-electron chi connectivity index (χ4n) is 4.49. The van der Waals surface area contributed by atoms with Gasteiger partial charge < -0.3 is 0 Å². The van der Waals surface area contributed by atoms with Gasteiger partial charge in [-0.3, -0.25) is 0 Å². The van der Waals surface area contributed by atoms with Crippen LogP contribution in [0, 0.1) is 29.1 Å². The minimum atomic E-state index is 0.810. The van der Waals surface area contributed by atoms with Crippen LogP contribution in [0.2, 0.25) is 0 Å². The second-order valence-electron chi connectivity index (χ2n) is 5.99. The molecule has 0 amide bonds. The molecular weight excluding hydrogens is 168 g/mol. The van der Waals surface area contributed by atoms with Gasteiger partial charge in [0.05, 0.1) is 0 Å². The van der Waals surface area contributed by atoms with Gasteiger partial charge in [-0.25, -0.2) is 0 Å². The molecule has 2 bridgehead atoms. The van der Waals surface area contributed by atoms with Crippen LogP contribution in [0.1, 0.15) is 46.5 Å². The fourth-order valence-corrected chi connectivity index (χ4v) is 4.49. The molecule has 0 heteroatoms. The molecule has 0 nitrogen and oxygen atoms in total. The molecule has 0 radical (unpaired) electrons. The molecule has 4 fully saturated rings. The van der Waals surface area contributed by atoms with Crippen LogP contribution in [-0.4, -0.2) is 0 Å². The zero-order valence-corrected chi connectivity index (χ0v) is 9.72. The summed E-state index contributed by atoms with van der Waals surface area (Å²) >= 11 is 0. The SMILES string of the molecule is CCC(C)C=C1C(C)C23CCC(C2)C13. The van der Waals surface area contributed by atoms with Gasteiger partial charge in [0.1, 0.15) is 0 Å². The lowest BCUT2D eigenvalue weighted by molar-refractivity contribution is -0.0633. The fraction of sp³-hybridized carbons (Fsp3) is 0.857. The highest BCUT2D eigenvalue weighted by Gasteiger charge is 2.70. The van der Waals surface area contributed by atoms with Crippen molar-refractivity contribution in [2.45, 2.75) is 46.5 Å². The summed E-state index contributed by atoms with van der Waals surface area (Å²) in [7, 11) is 0. The molecule has 0 saturated heterocycles. The highest BCUT2D eigenvalue weighted by molar-refractivity contribution is 5.38. The molecule has 78 valence electrons. The Bertz CT molecular complexity index is 284. The molecular formula is C14H22. The first-order chi connectivity index (χ1) is 6.69. The molecule has 0 aromatic heterocycles. The highest BCUT2D eigenvalue weighted by Crippen LogP contribution is 2.78. The zero-order chi connectivity index (χ0) is 9.92. The zero-order valence-electron chi connectivity index (χ0n) is 9.72. The molecule has 4 rings (SSSR count). The predicted molar refractivity (Wildman–Crippen MR) is 60.0 cm³/mol. The van der Waals surface area contributed by atoms with Crippen molar-refractivity contribution in [3.05, 3.63) is 11.6 Å². The first-order valence-electron chi connectivity index (χ1n) is 6.40. The van der Waals surface area contributed by atoms with Crippen molar-refractivity contribution in [3.63, 3.8) is 0 Å². The summed E-state index contributed by atoms with van der Waals surface area (Å²) in [4.78, 5) is 0. The topological polar surface area (TPSA) is 0 Å². The molecule has 14 heavy (non-hydrogen) atoms. The summed E-state index contributed by atoms with van der Waals surface area (Å²) in [6.07, 6.45) is 8.55. The Hall–Kier alpha value is -0.260. The average molecular weight is 190 g/mol. The predicted octanol–water partition coefficient (Wildman–Crippen LogP) is 4.02. The monoisotopic (exact) mass is 190 g/mol. The van der Waals surface area contributed by atoms with Crippen molar-refractivity contribution in [1.29, 1.82) is 0 Å².